The predicted molar refractivity (Wildman–Crippen MR) is 74.6 cm³/mol. The van der Waals surface area contributed by atoms with E-state index in [1.807, 2.05) is 19.5 Å². The number of rotatable bonds is 4. The van der Waals surface area contributed by atoms with Crippen LogP contribution in [0.25, 0.3) is 0 Å². The summed E-state index contributed by atoms with van der Waals surface area (Å²) in [6.45, 7) is 2.62. The van der Waals surface area contributed by atoms with Crippen LogP contribution in [0, 0.1) is 6.92 Å². The molecular formula is C11H14ClN5S. The normalized spacial score (nSPS) is 10.9. The predicted octanol–water partition coefficient (Wildman–Crippen LogP) is 2.70. The van der Waals surface area contributed by atoms with E-state index < -0.39 is 0 Å². The van der Waals surface area contributed by atoms with E-state index >= 15 is 0 Å². The van der Waals surface area contributed by atoms with Crippen LogP contribution in [0.5, 0.6) is 0 Å². The van der Waals surface area contributed by atoms with Gasteiger partial charge in [0.15, 0.2) is 5.13 Å². The molecule has 7 heteroatoms. The molecule has 0 unspecified atom stereocenters. The van der Waals surface area contributed by atoms with Crippen LogP contribution in [0.15, 0.2) is 11.4 Å². The Balaban J connectivity index is 2.11. The number of anilines is 2. The van der Waals surface area contributed by atoms with Gasteiger partial charge < -0.3 is 10.2 Å². The van der Waals surface area contributed by atoms with Crippen LogP contribution >= 0.6 is 22.9 Å². The summed E-state index contributed by atoms with van der Waals surface area (Å²) in [5.74, 6) is 1.30. The zero-order valence-electron chi connectivity index (χ0n) is 10.4. The van der Waals surface area contributed by atoms with Crippen LogP contribution in [0.2, 0.25) is 5.15 Å². The molecule has 0 saturated carbocycles. The average molecular weight is 284 g/mol. The standard InChI is InChI=1S/C11H14ClN5S/c1-7-13-9(12)4-10(14-7)16-11-15-8(6-18-11)5-17(2)3/h4,6H,5H2,1-3H3,(H,13,14,15,16). The van der Waals surface area contributed by atoms with Crippen LogP contribution in [0.1, 0.15) is 11.5 Å². The lowest BCUT2D eigenvalue weighted by Crippen LogP contribution is -2.10. The Morgan fingerprint density at radius 3 is 2.78 bits per heavy atom. The first-order chi connectivity index (χ1) is 8.52. The minimum absolute atomic E-state index is 0.426. The van der Waals surface area contributed by atoms with Gasteiger partial charge in [-0.25, -0.2) is 15.0 Å². The molecule has 96 valence electrons. The molecule has 0 spiro atoms. The Bertz CT molecular complexity index is 520. The van der Waals surface area contributed by atoms with Gasteiger partial charge in [-0.1, -0.05) is 11.6 Å². The first kappa shape index (κ1) is 13.2. The molecule has 2 heterocycles. The first-order valence-electron chi connectivity index (χ1n) is 5.40. The third-order valence-electron chi connectivity index (χ3n) is 2.07. The topological polar surface area (TPSA) is 53.9 Å². The molecule has 0 aromatic carbocycles. The lowest BCUT2D eigenvalue weighted by molar-refractivity contribution is 0.398. The van der Waals surface area contributed by atoms with Gasteiger partial charge in [0.05, 0.1) is 5.69 Å². The van der Waals surface area contributed by atoms with Crippen molar-refractivity contribution in [2.75, 3.05) is 19.4 Å². The lowest BCUT2D eigenvalue weighted by atomic mass is 10.5. The van der Waals surface area contributed by atoms with E-state index in [9.17, 15) is 0 Å². The van der Waals surface area contributed by atoms with Crippen LogP contribution in [-0.4, -0.2) is 33.9 Å². The molecule has 18 heavy (non-hydrogen) atoms. The number of aryl methyl sites for hydroxylation is 1. The summed E-state index contributed by atoms with van der Waals surface area (Å²) in [7, 11) is 4.03. The Kier molecular flexibility index (Phi) is 4.11. The van der Waals surface area contributed by atoms with E-state index in [2.05, 4.69) is 25.2 Å². The number of hydrogen-bond acceptors (Lipinski definition) is 6. The highest BCUT2D eigenvalue weighted by atomic mass is 35.5. The van der Waals surface area contributed by atoms with Crippen molar-refractivity contribution in [2.24, 2.45) is 0 Å². The molecule has 0 amide bonds. The molecule has 0 saturated heterocycles. The number of halogens is 1. The maximum atomic E-state index is 5.88. The second kappa shape index (κ2) is 5.60. The molecule has 1 N–H and O–H groups in total. The summed E-state index contributed by atoms with van der Waals surface area (Å²) in [4.78, 5) is 14.8. The van der Waals surface area contributed by atoms with Crippen LogP contribution in [0.4, 0.5) is 10.9 Å². The molecule has 0 radical (unpaired) electrons. The zero-order chi connectivity index (χ0) is 13.1. The Labute approximate surface area is 115 Å². The summed E-state index contributed by atoms with van der Waals surface area (Å²) in [6.07, 6.45) is 0. The van der Waals surface area contributed by atoms with Crippen molar-refractivity contribution in [1.29, 1.82) is 0 Å². The van der Waals surface area contributed by atoms with Crippen molar-refractivity contribution in [3.8, 4) is 0 Å². The number of hydrogen-bond donors (Lipinski definition) is 1. The number of nitrogens with one attached hydrogen (secondary N) is 1. The van der Waals surface area contributed by atoms with Crippen molar-refractivity contribution in [1.82, 2.24) is 19.9 Å². The van der Waals surface area contributed by atoms with Gasteiger partial charge in [-0.05, 0) is 21.0 Å². The van der Waals surface area contributed by atoms with E-state index in [4.69, 9.17) is 11.6 Å². The van der Waals surface area contributed by atoms with Gasteiger partial charge >= 0.3 is 0 Å². The Hall–Kier alpha value is -1.24. The fourth-order valence-corrected chi connectivity index (χ4v) is 2.40. The quantitative estimate of drug-likeness (QED) is 0.875. The van der Waals surface area contributed by atoms with E-state index in [0.29, 0.717) is 16.8 Å². The molecule has 0 atom stereocenters. The summed E-state index contributed by atoms with van der Waals surface area (Å²) in [6, 6.07) is 1.68. The number of aromatic nitrogens is 3. The van der Waals surface area contributed by atoms with Crippen LogP contribution in [0.3, 0.4) is 0 Å². The molecule has 0 aliphatic carbocycles. The monoisotopic (exact) mass is 283 g/mol. The van der Waals surface area contributed by atoms with Crippen LogP contribution in [-0.2, 0) is 6.54 Å². The van der Waals surface area contributed by atoms with Gasteiger partial charge in [0.2, 0.25) is 0 Å². The van der Waals surface area contributed by atoms with Gasteiger partial charge in [-0.3, -0.25) is 0 Å². The van der Waals surface area contributed by atoms with Gasteiger partial charge in [0.1, 0.15) is 16.8 Å². The first-order valence-corrected chi connectivity index (χ1v) is 6.66. The molecule has 0 fully saturated rings. The molecular weight excluding hydrogens is 270 g/mol. The van der Waals surface area contributed by atoms with Gasteiger partial charge in [0.25, 0.3) is 0 Å². The minimum Gasteiger partial charge on any atom is -0.316 e. The van der Waals surface area contributed by atoms with E-state index in [1.54, 1.807) is 24.3 Å². The molecule has 0 aliphatic heterocycles. The lowest BCUT2D eigenvalue weighted by Gasteiger charge is -2.06. The highest BCUT2D eigenvalue weighted by molar-refractivity contribution is 7.13. The fourth-order valence-electron chi connectivity index (χ4n) is 1.47. The highest BCUT2D eigenvalue weighted by Crippen LogP contribution is 2.21. The molecule has 2 aromatic heterocycles. The van der Waals surface area contributed by atoms with Crippen molar-refractivity contribution < 1.29 is 0 Å². The largest absolute Gasteiger partial charge is 0.316 e. The molecule has 0 aliphatic rings. The van der Waals surface area contributed by atoms with Crippen molar-refractivity contribution in [3.63, 3.8) is 0 Å². The Morgan fingerprint density at radius 2 is 2.11 bits per heavy atom. The fraction of sp³-hybridized carbons (Fsp3) is 0.364. The SMILES string of the molecule is Cc1nc(Cl)cc(Nc2nc(CN(C)C)cs2)n1. The second-order valence-corrected chi connectivity index (χ2v) is 5.38. The van der Waals surface area contributed by atoms with E-state index in [1.165, 1.54) is 0 Å². The van der Waals surface area contributed by atoms with Crippen molar-refractivity contribution in [3.05, 3.63) is 28.1 Å². The average Bonchev–Trinajstić information content (AvgIpc) is 2.62. The number of thiazole rings is 1. The molecule has 2 aromatic rings. The van der Waals surface area contributed by atoms with E-state index in [-0.39, 0.29) is 0 Å². The van der Waals surface area contributed by atoms with Crippen LogP contribution < -0.4 is 5.32 Å². The van der Waals surface area contributed by atoms with Gasteiger partial charge in [-0.2, -0.15) is 0 Å². The molecule has 5 nitrogen and oxygen atoms in total. The maximum absolute atomic E-state index is 5.88. The minimum atomic E-state index is 0.426. The smallest absolute Gasteiger partial charge is 0.188 e. The van der Waals surface area contributed by atoms with Crippen molar-refractivity contribution in [2.45, 2.75) is 13.5 Å². The van der Waals surface area contributed by atoms with E-state index in [0.717, 1.165) is 17.4 Å². The molecule has 0 bridgehead atoms. The molecule has 2 rings (SSSR count). The summed E-state index contributed by atoms with van der Waals surface area (Å²) in [5, 5.41) is 6.39. The summed E-state index contributed by atoms with van der Waals surface area (Å²) < 4.78 is 0. The highest BCUT2D eigenvalue weighted by Gasteiger charge is 2.05. The van der Waals surface area contributed by atoms with Gasteiger partial charge in [-0.15, -0.1) is 11.3 Å². The third-order valence-corrected chi connectivity index (χ3v) is 3.07. The second-order valence-electron chi connectivity index (χ2n) is 4.13. The third kappa shape index (κ3) is 3.63. The zero-order valence-corrected chi connectivity index (χ0v) is 12.0. The Morgan fingerprint density at radius 1 is 1.33 bits per heavy atom. The number of nitrogens with zero attached hydrogens (tertiary/aromatic N) is 4. The summed E-state index contributed by atoms with van der Waals surface area (Å²) in [5.41, 5.74) is 1.03. The maximum Gasteiger partial charge on any atom is 0.188 e. The van der Waals surface area contributed by atoms with Crippen molar-refractivity contribution >= 4 is 33.9 Å². The van der Waals surface area contributed by atoms with Gasteiger partial charge in [0, 0.05) is 18.0 Å². The summed E-state index contributed by atoms with van der Waals surface area (Å²) >= 11 is 7.42.